The molecule has 2 heterocycles. The highest BCUT2D eigenvalue weighted by Crippen LogP contribution is 2.29. The van der Waals surface area contributed by atoms with E-state index in [-0.39, 0.29) is 17.5 Å². The predicted molar refractivity (Wildman–Crippen MR) is 110 cm³/mol. The van der Waals surface area contributed by atoms with Crippen LogP contribution in [0.5, 0.6) is 0 Å². The van der Waals surface area contributed by atoms with Crippen LogP contribution in [0.15, 0.2) is 60.8 Å². The lowest BCUT2D eigenvalue weighted by Crippen LogP contribution is -2.29. The standard InChI is InChI=1S/C23H21N3O2/c1-15-7-8-16(2)19(13-15)25-22(27)20-14-18(9-11-24-20)23(28)26-12-10-17-5-3-4-6-21(17)26/h3-9,11,13-14H,10,12H2,1-2H3,(H,25,27). The van der Waals surface area contributed by atoms with Gasteiger partial charge in [-0.2, -0.15) is 0 Å². The molecule has 28 heavy (non-hydrogen) atoms. The Morgan fingerprint density at radius 2 is 1.86 bits per heavy atom. The Morgan fingerprint density at radius 1 is 1.04 bits per heavy atom. The summed E-state index contributed by atoms with van der Waals surface area (Å²) in [5.74, 6) is -0.446. The second kappa shape index (κ2) is 7.27. The Labute approximate surface area is 164 Å². The van der Waals surface area contributed by atoms with Gasteiger partial charge in [0.15, 0.2) is 0 Å². The molecule has 0 atom stereocenters. The minimum Gasteiger partial charge on any atom is -0.320 e. The molecular weight excluding hydrogens is 350 g/mol. The third kappa shape index (κ3) is 3.39. The lowest BCUT2D eigenvalue weighted by Gasteiger charge is -2.17. The highest BCUT2D eigenvalue weighted by Gasteiger charge is 2.25. The summed E-state index contributed by atoms with van der Waals surface area (Å²) in [4.78, 5) is 31.6. The van der Waals surface area contributed by atoms with Crippen molar-refractivity contribution in [2.24, 2.45) is 0 Å². The van der Waals surface area contributed by atoms with Crippen molar-refractivity contribution in [3.63, 3.8) is 0 Å². The summed E-state index contributed by atoms with van der Waals surface area (Å²) >= 11 is 0. The van der Waals surface area contributed by atoms with Crippen LogP contribution in [0.1, 0.15) is 37.5 Å². The van der Waals surface area contributed by atoms with Crippen molar-refractivity contribution in [3.05, 3.63) is 88.7 Å². The topological polar surface area (TPSA) is 62.3 Å². The fourth-order valence-corrected chi connectivity index (χ4v) is 3.45. The SMILES string of the molecule is Cc1ccc(C)c(NC(=O)c2cc(C(=O)N3CCc4ccccc43)ccn2)c1. The van der Waals surface area contributed by atoms with Crippen molar-refractivity contribution in [1.29, 1.82) is 0 Å². The Hall–Kier alpha value is -3.47. The Bertz CT molecular complexity index is 1070. The van der Waals surface area contributed by atoms with Gasteiger partial charge in [0.1, 0.15) is 5.69 Å². The highest BCUT2D eigenvalue weighted by molar-refractivity contribution is 6.09. The molecule has 1 aliphatic rings. The fourth-order valence-electron chi connectivity index (χ4n) is 3.45. The predicted octanol–water partition coefficient (Wildman–Crippen LogP) is 4.15. The number of benzene rings is 2. The van der Waals surface area contributed by atoms with E-state index in [1.54, 1.807) is 17.0 Å². The molecule has 2 amide bonds. The maximum absolute atomic E-state index is 13.0. The molecule has 1 aliphatic heterocycles. The molecule has 0 fully saturated rings. The summed E-state index contributed by atoms with van der Waals surface area (Å²) in [7, 11) is 0. The van der Waals surface area contributed by atoms with Crippen molar-refractivity contribution < 1.29 is 9.59 Å². The van der Waals surface area contributed by atoms with E-state index in [2.05, 4.69) is 10.3 Å². The van der Waals surface area contributed by atoms with E-state index in [9.17, 15) is 9.59 Å². The first-order chi connectivity index (χ1) is 13.5. The Balaban J connectivity index is 1.57. The molecule has 0 aliphatic carbocycles. The van der Waals surface area contributed by atoms with Crippen molar-refractivity contribution in [2.45, 2.75) is 20.3 Å². The van der Waals surface area contributed by atoms with E-state index in [0.29, 0.717) is 12.1 Å². The first kappa shape index (κ1) is 17.9. The van der Waals surface area contributed by atoms with Crippen molar-refractivity contribution >= 4 is 23.2 Å². The largest absolute Gasteiger partial charge is 0.320 e. The molecule has 0 unspecified atom stereocenters. The summed E-state index contributed by atoms with van der Waals surface area (Å²) in [6, 6.07) is 17.0. The zero-order valence-corrected chi connectivity index (χ0v) is 15.9. The van der Waals surface area contributed by atoms with E-state index in [4.69, 9.17) is 0 Å². The first-order valence-electron chi connectivity index (χ1n) is 9.27. The number of rotatable bonds is 3. The van der Waals surface area contributed by atoms with Gasteiger partial charge >= 0.3 is 0 Å². The first-order valence-corrected chi connectivity index (χ1v) is 9.27. The van der Waals surface area contributed by atoms with Gasteiger partial charge in [-0.1, -0.05) is 30.3 Å². The van der Waals surface area contributed by atoms with Crippen LogP contribution in [0, 0.1) is 13.8 Å². The number of para-hydroxylation sites is 1. The molecule has 1 aromatic heterocycles. The van der Waals surface area contributed by atoms with E-state index < -0.39 is 0 Å². The number of hydrogen-bond donors (Lipinski definition) is 1. The zero-order valence-electron chi connectivity index (χ0n) is 15.9. The molecule has 4 rings (SSSR count). The summed E-state index contributed by atoms with van der Waals surface area (Å²) in [6.07, 6.45) is 2.35. The third-order valence-electron chi connectivity index (χ3n) is 5.01. The van der Waals surface area contributed by atoms with E-state index in [1.165, 1.54) is 6.20 Å². The van der Waals surface area contributed by atoms with E-state index in [1.807, 2.05) is 56.3 Å². The lowest BCUT2D eigenvalue weighted by atomic mass is 10.1. The maximum atomic E-state index is 13.0. The van der Waals surface area contributed by atoms with Crippen LogP contribution in [-0.4, -0.2) is 23.3 Å². The number of hydrogen-bond acceptors (Lipinski definition) is 3. The minimum absolute atomic E-state index is 0.117. The third-order valence-corrected chi connectivity index (χ3v) is 5.01. The van der Waals surface area contributed by atoms with Crippen molar-refractivity contribution in [2.75, 3.05) is 16.8 Å². The summed E-state index contributed by atoms with van der Waals surface area (Å²) in [5, 5.41) is 2.89. The molecule has 0 saturated heterocycles. The smallest absolute Gasteiger partial charge is 0.274 e. The minimum atomic E-state index is -0.329. The van der Waals surface area contributed by atoms with Gasteiger partial charge in [0, 0.05) is 29.7 Å². The highest BCUT2D eigenvalue weighted by atomic mass is 16.2. The van der Waals surface area contributed by atoms with Gasteiger partial charge in [-0.3, -0.25) is 14.6 Å². The van der Waals surface area contributed by atoms with Crippen LogP contribution in [0.2, 0.25) is 0 Å². The van der Waals surface area contributed by atoms with Crippen LogP contribution in [0.25, 0.3) is 0 Å². The van der Waals surface area contributed by atoms with Gasteiger partial charge in [0.2, 0.25) is 0 Å². The van der Waals surface area contributed by atoms with Crippen LogP contribution < -0.4 is 10.2 Å². The Kier molecular flexibility index (Phi) is 4.65. The van der Waals surface area contributed by atoms with Crippen LogP contribution in [0.3, 0.4) is 0 Å². The second-order valence-corrected chi connectivity index (χ2v) is 7.04. The molecule has 5 heteroatoms. The normalized spacial score (nSPS) is 12.6. The summed E-state index contributed by atoms with van der Waals surface area (Å²) in [5.41, 5.74) is 5.56. The number of pyridine rings is 1. The number of carbonyl (C=O) groups is 2. The van der Waals surface area contributed by atoms with E-state index in [0.717, 1.165) is 34.5 Å². The maximum Gasteiger partial charge on any atom is 0.274 e. The molecule has 0 bridgehead atoms. The molecular formula is C23H21N3O2. The molecule has 3 aromatic rings. The Morgan fingerprint density at radius 3 is 2.71 bits per heavy atom. The van der Waals surface area contributed by atoms with Gasteiger partial charge in [-0.15, -0.1) is 0 Å². The van der Waals surface area contributed by atoms with E-state index >= 15 is 0 Å². The molecule has 1 N–H and O–H groups in total. The summed E-state index contributed by atoms with van der Waals surface area (Å²) < 4.78 is 0. The molecule has 0 radical (unpaired) electrons. The molecule has 0 spiro atoms. The van der Waals surface area contributed by atoms with Gasteiger partial charge in [-0.25, -0.2) is 0 Å². The molecule has 5 nitrogen and oxygen atoms in total. The van der Waals surface area contributed by atoms with Crippen molar-refractivity contribution in [1.82, 2.24) is 4.98 Å². The number of aromatic nitrogens is 1. The average Bonchev–Trinajstić information content (AvgIpc) is 3.14. The number of aryl methyl sites for hydroxylation is 2. The number of fused-ring (bicyclic) bond motifs is 1. The van der Waals surface area contributed by atoms with Crippen LogP contribution >= 0.6 is 0 Å². The lowest BCUT2D eigenvalue weighted by molar-refractivity contribution is 0.0989. The zero-order chi connectivity index (χ0) is 19.7. The second-order valence-electron chi connectivity index (χ2n) is 7.04. The molecule has 2 aromatic carbocycles. The number of nitrogens with zero attached hydrogens (tertiary/aromatic N) is 2. The van der Waals surface area contributed by atoms with Gasteiger partial charge < -0.3 is 10.2 Å². The van der Waals surface area contributed by atoms with Crippen LogP contribution in [0.4, 0.5) is 11.4 Å². The fraction of sp³-hybridized carbons (Fsp3) is 0.174. The van der Waals surface area contributed by atoms with Crippen molar-refractivity contribution in [3.8, 4) is 0 Å². The molecule has 140 valence electrons. The summed E-state index contributed by atoms with van der Waals surface area (Å²) in [6.45, 7) is 4.55. The number of nitrogens with one attached hydrogen (secondary N) is 1. The number of carbonyl (C=O) groups excluding carboxylic acids is 2. The average molecular weight is 371 g/mol. The quantitative estimate of drug-likeness (QED) is 0.752. The number of anilines is 2. The van der Waals surface area contributed by atoms with Crippen LogP contribution in [-0.2, 0) is 6.42 Å². The molecule has 0 saturated carbocycles. The monoisotopic (exact) mass is 371 g/mol. The van der Waals surface area contributed by atoms with Gasteiger partial charge in [0.05, 0.1) is 0 Å². The van der Waals surface area contributed by atoms with Gasteiger partial charge in [0.25, 0.3) is 11.8 Å². The van der Waals surface area contributed by atoms with Gasteiger partial charge in [-0.05, 0) is 61.2 Å². The number of amides is 2.